The van der Waals surface area contributed by atoms with Gasteiger partial charge in [-0.1, -0.05) is 55.1 Å². The van der Waals surface area contributed by atoms with Gasteiger partial charge >= 0.3 is 0 Å². The normalized spacial score (nSPS) is 11.1. The molecule has 2 aromatic carbocycles. The van der Waals surface area contributed by atoms with Gasteiger partial charge in [0.15, 0.2) is 5.82 Å². The number of benzene rings is 2. The van der Waals surface area contributed by atoms with Gasteiger partial charge in [0.1, 0.15) is 5.15 Å². The largest absolute Gasteiger partial charge is 0.227 e. The maximum atomic E-state index is 6.30. The van der Waals surface area contributed by atoms with E-state index in [2.05, 4.69) is 57.8 Å². The van der Waals surface area contributed by atoms with Gasteiger partial charge in [0, 0.05) is 24.4 Å². The minimum absolute atomic E-state index is 0.382. The highest BCUT2D eigenvalue weighted by molar-refractivity contribution is 9.11. The average Bonchev–Trinajstić information content (AvgIpc) is 2.42. The number of hydrogen-bond donors (Lipinski definition) is 0. The molecule has 0 aliphatic carbocycles. The first-order valence-corrected chi connectivity index (χ1v) is 8.87. The summed E-state index contributed by atoms with van der Waals surface area (Å²) in [7, 11) is 0. The predicted molar refractivity (Wildman–Crippen MR) is 98.1 cm³/mol. The van der Waals surface area contributed by atoms with Gasteiger partial charge in [0.25, 0.3) is 0 Å². The summed E-state index contributed by atoms with van der Waals surface area (Å²) in [6.45, 7) is 0. The predicted octanol–water partition coefficient (Wildman–Crippen LogP) is 6.89. The van der Waals surface area contributed by atoms with Crippen LogP contribution in [0.4, 0.5) is 0 Å². The van der Waals surface area contributed by atoms with Gasteiger partial charge < -0.3 is 0 Å². The van der Waals surface area contributed by atoms with Crippen LogP contribution in [-0.2, 0) is 0 Å². The molecule has 0 spiro atoms. The minimum atomic E-state index is 0.382. The highest BCUT2D eigenvalue weighted by Gasteiger charge is 2.13. The molecule has 0 radical (unpaired) electrons. The van der Waals surface area contributed by atoms with Crippen molar-refractivity contribution in [1.82, 2.24) is 9.97 Å². The average molecular weight is 512 g/mol. The van der Waals surface area contributed by atoms with Crippen molar-refractivity contribution in [2.75, 3.05) is 0 Å². The maximum Gasteiger partial charge on any atom is 0.163 e. The van der Waals surface area contributed by atoms with E-state index in [9.17, 15) is 0 Å². The van der Waals surface area contributed by atoms with E-state index in [1.165, 1.54) is 0 Å². The summed E-state index contributed by atoms with van der Waals surface area (Å²) in [5, 5.41) is 1.72. The molecule has 3 rings (SSSR count). The fourth-order valence-corrected chi connectivity index (χ4v) is 4.01. The lowest BCUT2D eigenvalue weighted by molar-refractivity contribution is 1.22. The van der Waals surface area contributed by atoms with Gasteiger partial charge in [0.05, 0.1) is 10.5 Å². The summed E-state index contributed by atoms with van der Waals surface area (Å²) in [5.41, 5.74) is 1.47. The third kappa shape index (κ3) is 3.13. The van der Waals surface area contributed by atoms with Crippen molar-refractivity contribution in [2.45, 2.75) is 0 Å². The lowest BCUT2D eigenvalue weighted by atomic mass is 10.2. The smallest absolute Gasteiger partial charge is 0.163 e. The molecule has 3 aromatic rings. The number of nitrogens with zero attached hydrogens (tertiary/aromatic N) is 2. The van der Waals surface area contributed by atoms with Crippen LogP contribution in [0.1, 0.15) is 0 Å². The molecule has 1 aromatic heterocycles. The van der Waals surface area contributed by atoms with E-state index in [-0.39, 0.29) is 0 Å². The number of fused-ring (bicyclic) bond motifs is 1. The molecule has 0 aliphatic heterocycles. The summed E-state index contributed by atoms with van der Waals surface area (Å²) < 4.78 is 2.64. The van der Waals surface area contributed by atoms with E-state index in [0.29, 0.717) is 16.0 Å². The van der Waals surface area contributed by atoms with Gasteiger partial charge in [-0.25, -0.2) is 9.97 Å². The number of hydrogen-bond acceptors (Lipinski definition) is 2. The van der Waals surface area contributed by atoms with Gasteiger partial charge in [-0.15, -0.1) is 0 Å². The first-order valence-electron chi connectivity index (χ1n) is 5.73. The van der Waals surface area contributed by atoms with Crippen LogP contribution in [-0.4, -0.2) is 9.97 Å². The Morgan fingerprint density at radius 3 is 2.38 bits per heavy atom. The van der Waals surface area contributed by atoms with Crippen molar-refractivity contribution in [3.63, 3.8) is 0 Å². The Hall–Kier alpha value is -0.200. The van der Waals surface area contributed by atoms with Crippen molar-refractivity contribution in [2.24, 2.45) is 0 Å². The van der Waals surface area contributed by atoms with Gasteiger partial charge in [-0.2, -0.15) is 0 Å². The molecule has 7 heteroatoms. The van der Waals surface area contributed by atoms with Crippen LogP contribution in [0.3, 0.4) is 0 Å². The number of aromatic nitrogens is 2. The highest BCUT2D eigenvalue weighted by Crippen LogP contribution is 2.35. The molecule has 1 heterocycles. The Morgan fingerprint density at radius 2 is 1.62 bits per heavy atom. The van der Waals surface area contributed by atoms with E-state index in [1.807, 2.05) is 24.3 Å². The Balaban J connectivity index is 2.33. The lowest BCUT2D eigenvalue weighted by Gasteiger charge is -2.08. The molecule has 0 N–H and O–H groups in total. The quantitative estimate of drug-likeness (QED) is 0.332. The molecule has 0 fully saturated rings. The summed E-state index contributed by atoms with van der Waals surface area (Å²) in [4.78, 5) is 8.94. The Kier molecular flexibility index (Phi) is 4.58. The molecular formula is C14H5Br3Cl2N2. The SMILES string of the molecule is Clc1ccc(Br)cc1-c1nc(Cl)c2cc(Br)cc(Br)c2n1. The number of halogens is 5. The molecule has 0 saturated carbocycles. The second-order valence-electron chi connectivity index (χ2n) is 4.25. The fraction of sp³-hybridized carbons (Fsp3) is 0. The zero-order chi connectivity index (χ0) is 15.1. The molecular weight excluding hydrogens is 507 g/mol. The molecule has 106 valence electrons. The third-order valence-corrected chi connectivity index (χ3v) is 5.01. The molecule has 0 unspecified atom stereocenters. The minimum Gasteiger partial charge on any atom is -0.227 e. The highest BCUT2D eigenvalue weighted by atomic mass is 79.9. The fourth-order valence-electron chi connectivity index (χ4n) is 1.91. The van der Waals surface area contributed by atoms with Gasteiger partial charge in [-0.05, 0) is 46.3 Å². The summed E-state index contributed by atoms with van der Waals surface area (Å²) in [6.07, 6.45) is 0. The number of rotatable bonds is 1. The Bertz CT molecular complexity index is 868. The van der Waals surface area contributed by atoms with E-state index in [0.717, 1.165) is 29.9 Å². The zero-order valence-electron chi connectivity index (χ0n) is 10.2. The van der Waals surface area contributed by atoms with E-state index >= 15 is 0 Å². The molecule has 21 heavy (non-hydrogen) atoms. The van der Waals surface area contributed by atoms with Crippen molar-refractivity contribution in [1.29, 1.82) is 0 Å². The standard InChI is InChI=1S/C14H5Br3Cl2N2/c15-6-1-2-11(18)8(3-6)14-20-12-9(13(19)21-14)4-7(16)5-10(12)17/h1-5H. The maximum absolute atomic E-state index is 6.30. The van der Waals surface area contributed by atoms with E-state index in [4.69, 9.17) is 23.2 Å². The van der Waals surface area contributed by atoms with E-state index in [1.54, 1.807) is 6.07 Å². The van der Waals surface area contributed by atoms with Crippen LogP contribution < -0.4 is 0 Å². The summed E-state index contributed by atoms with van der Waals surface area (Å²) >= 11 is 22.9. The molecule has 0 aliphatic rings. The van der Waals surface area contributed by atoms with Crippen LogP contribution in [0.5, 0.6) is 0 Å². The van der Waals surface area contributed by atoms with Crippen molar-refractivity contribution >= 4 is 81.9 Å². The molecule has 0 amide bonds. The zero-order valence-corrected chi connectivity index (χ0v) is 16.4. The van der Waals surface area contributed by atoms with Crippen LogP contribution in [0.15, 0.2) is 43.7 Å². The monoisotopic (exact) mass is 508 g/mol. The van der Waals surface area contributed by atoms with Crippen molar-refractivity contribution in [3.8, 4) is 11.4 Å². The Labute approximate surface area is 156 Å². The van der Waals surface area contributed by atoms with Crippen LogP contribution in [0, 0.1) is 0 Å². The van der Waals surface area contributed by atoms with E-state index < -0.39 is 0 Å². The Morgan fingerprint density at radius 1 is 0.857 bits per heavy atom. The second kappa shape index (κ2) is 6.13. The molecule has 0 bridgehead atoms. The van der Waals surface area contributed by atoms with Gasteiger partial charge in [-0.3, -0.25) is 0 Å². The first kappa shape index (κ1) is 15.7. The summed E-state index contributed by atoms with van der Waals surface area (Å²) in [6, 6.07) is 9.32. The molecule has 0 saturated heterocycles. The molecule has 0 atom stereocenters. The second-order valence-corrected chi connectivity index (χ2v) is 7.70. The first-order chi connectivity index (χ1) is 9.95. The molecule has 2 nitrogen and oxygen atoms in total. The van der Waals surface area contributed by atoms with Crippen LogP contribution >= 0.6 is 71.0 Å². The van der Waals surface area contributed by atoms with Crippen molar-refractivity contribution < 1.29 is 0 Å². The third-order valence-electron chi connectivity index (χ3n) is 2.84. The van der Waals surface area contributed by atoms with Gasteiger partial charge in [0.2, 0.25) is 0 Å². The van der Waals surface area contributed by atoms with Crippen molar-refractivity contribution in [3.05, 3.63) is 53.9 Å². The summed E-state index contributed by atoms with van der Waals surface area (Å²) in [5.74, 6) is 0.488. The lowest BCUT2D eigenvalue weighted by Crippen LogP contribution is -1.94. The topological polar surface area (TPSA) is 25.8 Å². The van der Waals surface area contributed by atoms with Crippen LogP contribution in [0.2, 0.25) is 10.2 Å². The van der Waals surface area contributed by atoms with Crippen LogP contribution in [0.25, 0.3) is 22.3 Å².